The summed E-state index contributed by atoms with van der Waals surface area (Å²) in [5.41, 5.74) is 6.53. The van der Waals surface area contributed by atoms with E-state index in [1.807, 2.05) is 6.07 Å². The van der Waals surface area contributed by atoms with Gasteiger partial charge in [0.25, 0.3) is 0 Å². The molecule has 5 heteroatoms. The van der Waals surface area contributed by atoms with Crippen molar-refractivity contribution in [2.75, 3.05) is 0 Å². The zero-order chi connectivity index (χ0) is 11.5. The first-order chi connectivity index (χ1) is 7.68. The lowest BCUT2D eigenvalue weighted by atomic mass is 10.0. The summed E-state index contributed by atoms with van der Waals surface area (Å²) >= 11 is 0. The number of nitrogens with zero attached hydrogens (tertiary/aromatic N) is 1. The first kappa shape index (κ1) is 10.9. The second-order valence-electron chi connectivity index (χ2n) is 3.69. The van der Waals surface area contributed by atoms with Crippen LogP contribution >= 0.6 is 0 Å². The highest BCUT2D eigenvalue weighted by atomic mass is 16.4. The topological polar surface area (TPSA) is 85.4 Å². The minimum absolute atomic E-state index is 0.416. The van der Waals surface area contributed by atoms with Gasteiger partial charge in [-0.05, 0) is 19.1 Å². The van der Waals surface area contributed by atoms with Crippen molar-refractivity contribution < 1.29 is 13.9 Å². The third-order valence-corrected chi connectivity index (χ3v) is 2.47. The Morgan fingerprint density at radius 1 is 1.50 bits per heavy atom. The summed E-state index contributed by atoms with van der Waals surface area (Å²) in [5.74, 6) is 1.16. The Balaban J connectivity index is 2.05. The average Bonchev–Trinajstić information content (AvgIpc) is 2.88. The molecule has 0 amide bonds. The number of aliphatic hydroxyl groups is 1. The van der Waals surface area contributed by atoms with Gasteiger partial charge in [-0.1, -0.05) is 0 Å². The molecule has 5 nitrogen and oxygen atoms in total. The molecule has 0 aliphatic heterocycles. The molecule has 2 rings (SSSR count). The molecule has 0 radical (unpaired) electrons. The van der Waals surface area contributed by atoms with Crippen LogP contribution in [0.4, 0.5) is 0 Å². The maximum Gasteiger partial charge on any atom is 0.181 e. The van der Waals surface area contributed by atoms with Gasteiger partial charge in [-0.2, -0.15) is 0 Å². The molecule has 16 heavy (non-hydrogen) atoms. The van der Waals surface area contributed by atoms with Crippen LogP contribution in [-0.4, -0.2) is 16.1 Å². The molecule has 0 aliphatic rings. The van der Waals surface area contributed by atoms with Crippen molar-refractivity contribution in [1.82, 2.24) is 4.98 Å². The van der Waals surface area contributed by atoms with Gasteiger partial charge >= 0.3 is 0 Å². The van der Waals surface area contributed by atoms with Gasteiger partial charge in [0.15, 0.2) is 12.2 Å². The lowest BCUT2D eigenvalue weighted by Crippen LogP contribution is -2.30. The van der Waals surface area contributed by atoms with Crippen molar-refractivity contribution in [3.05, 3.63) is 42.0 Å². The summed E-state index contributed by atoms with van der Waals surface area (Å²) in [6.07, 6.45) is 2.46. The van der Waals surface area contributed by atoms with E-state index in [4.69, 9.17) is 14.6 Å². The third kappa shape index (κ3) is 2.15. The number of aryl methyl sites for hydroxylation is 1. The molecule has 2 aromatic rings. The third-order valence-electron chi connectivity index (χ3n) is 2.47. The quantitative estimate of drug-likeness (QED) is 0.811. The number of oxazole rings is 1. The molecule has 86 valence electrons. The standard InChI is InChI=1S/C11H14N2O3/c1-7-11(16-6-13-7)10(14)9(12)5-8-3-2-4-15-8/h2-4,6,9-10,14H,5,12H2,1H3. The van der Waals surface area contributed by atoms with Gasteiger partial charge in [0.05, 0.1) is 12.0 Å². The van der Waals surface area contributed by atoms with Crippen LogP contribution in [0.2, 0.25) is 0 Å². The van der Waals surface area contributed by atoms with Crippen LogP contribution in [0.3, 0.4) is 0 Å². The fourth-order valence-electron chi connectivity index (χ4n) is 1.56. The van der Waals surface area contributed by atoms with Crippen molar-refractivity contribution in [2.45, 2.75) is 25.5 Å². The van der Waals surface area contributed by atoms with E-state index in [2.05, 4.69) is 4.98 Å². The second-order valence-corrected chi connectivity index (χ2v) is 3.69. The lowest BCUT2D eigenvalue weighted by molar-refractivity contribution is 0.118. The van der Waals surface area contributed by atoms with Crippen molar-refractivity contribution in [2.24, 2.45) is 5.73 Å². The molecule has 2 aromatic heterocycles. The predicted molar refractivity (Wildman–Crippen MR) is 56.6 cm³/mol. The minimum Gasteiger partial charge on any atom is -0.469 e. The largest absolute Gasteiger partial charge is 0.469 e. The highest BCUT2D eigenvalue weighted by Crippen LogP contribution is 2.21. The van der Waals surface area contributed by atoms with Crippen LogP contribution in [-0.2, 0) is 6.42 Å². The van der Waals surface area contributed by atoms with E-state index in [1.54, 1.807) is 19.3 Å². The summed E-state index contributed by atoms with van der Waals surface area (Å²) in [5, 5.41) is 9.96. The van der Waals surface area contributed by atoms with E-state index in [1.165, 1.54) is 6.39 Å². The van der Waals surface area contributed by atoms with Gasteiger partial charge in [-0.15, -0.1) is 0 Å². The molecule has 0 aliphatic carbocycles. The average molecular weight is 222 g/mol. The second kappa shape index (κ2) is 4.51. The molecule has 0 bridgehead atoms. The summed E-state index contributed by atoms with van der Waals surface area (Å²) < 4.78 is 10.3. The summed E-state index contributed by atoms with van der Waals surface area (Å²) in [6, 6.07) is 3.13. The normalized spacial score (nSPS) is 14.9. The van der Waals surface area contributed by atoms with Crippen molar-refractivity contribution in [3.8, 4) is 0 Å². The number of aliphatic hydroxyl groups excluding tert-OH is 1. The molecule has 3 N–H and O–H groups in total. The Kier molecular flexibility index (Phi) is 3.07. The fourth-order valence-corrected chi connectivity index (χ4v) is 1.56. The first-order valence-electron chi connectivity index (χ1n) is 5.04. The molecule has 0 saturated carbocycles. The summed E-state index contributed by atoms with van der Waals surface area (Å²) in [4.78, 5) is 3.91. The Morgan fingerprint density at radius 2 is 2.31 bits per heavy atom. The summed E-state index contributed by atoms with van der Waals surface area (Å²) in [7, 11) is 0. The molecule has 2 atom stereocenters. The van der Waals surface area contributed by atoms with E-state index in [-0.39, 0.29) is 0 Å². The Bertz CT molecular complexity index is 436. The van der Waals surface area contributed by atoms with E-state index in [0.29, 0.717) is 17.9 Å². The number of rotatable bonds is 4. The number of furan rings is 1. The van der Waals surface area contributed by atoms with Crippen LogP contribution < -0.4 is 5.73 Å². The zero-order valence-corrected chi connectivity index (χ0v) is 8.96. The first-order valence-corrected chi connectivity index (χ1v) is 5.04. The van der Waals surface area contributed by atoms with E-state index >= 15 is 0 Å². The molecule has 2 unspecified atom stereocenters. The lowest BCUT2D eigenvalue weighted by Gasteiger charge is -2.15. The predicted octanol–water partition coefficient (Wildman–Crippen LogP) is 1.18. The van der Waals surface area contributed by atoms with Gasteiger partial charge in [0.1, 0.15) is 11.9 Å². The van der Waals surface area contributed by atoms with Crippen LogP contribution in [0.5, 0.6) is 0 Å². The molecule has 0 fully saturated rings. The van der Waals surface area contributed by atoms with Gasteiger partial charge in [0.2, 0.25) is 0 Å². The minimum atomic E-state index is -0.868. The molecular formula is C11H14N2O3. The zero-order valence-electron chi connectivity index (χ0n) is 8.96. The number of nitrogens with two attached hydrogens (primary N) is 1. The van der Waals surface area contributed by atoms with Crippen LogP contribution in [0.25, 0.3) is 0 Å². The number of hydrogen-bond donors (Lipinski definition) is 2. The molecule has 2 heterocycles. The number of hydrogen-bond acceptors (Lipinski definition) is 5. The Hall–Kier alpha value is -1.59. The van der Waals surface area contributed by atoms with Crippen LogP contribution in [0, 0.1) is 6.92 Å². The van der Waals surface area contributed by atoms with Crippen molar-refractivity contribution in [3.63, 3.8) is 0 Å². The highest BCUT2D eigenvalue weighted by Gasteiger charge is 2.23. The SMILES string of the molecule is Cc1ncoc1C(O)C(N)Cc1ccco1. The maximum absolute atomic E-state index is 9.96. The maximum atomic E-state index is 9.96. The summed E-state index contributed by atoms with van der Waals surface area (Å²) in [6.45, 7) is 1.77. The fraction of sp³-hybridized carbons (Fsp3) is 0.364. The smallest absolute Gasteiger partial charge is 0.181 e. The molecular weight excluding hydrogens is 208 g/mol. The van der Waals surface area contributed by atoms with E-state index in [0.717, 1.165) is 5.76 Å². The molecule has 0 saturated heterocycles. The Morgan fingerprint density at radius 3 is 2.88 bits per heavy atom. The monoisotopic (exact) mass is 222 g/mol. The van der Waals surface area contributed by atoms with Gasteiger partial charge < -0.3 is 19.7 Å². The highest BCUT2D eigenvalue weighted by molar-refractivity contribution is 5.11. The van der Waals surface area contributed by atoms with E-state index in [9.17, 15) is 5.11 Å². The Labute approximate surface area is 92.9 Å². The van der Waals surface area contributed by atoms with Crippen LogP contribution in [0.1, 0.15) is 23.3 Å². The van der Waals surface area contributed by atoms with Crippen molar-refractivity contribution >= 4 is 0 Å². The van der Waals surface area contributed by atoms with Crippen LogP contribution in [0.15, 0.2) is 33.6 Å². The van der Waals surface area contributed by atoms with E-state index < -0.39 is 12.1 Å². The van der Waals surface area contributed by atoms with Gasteiger partial charge in [-0.25, -0.2) is 4.98 Å². The van der Waals surface area contributed by atoms with Gasteiger partial charge in [-0.3, -0.25) is 0 Å². The molecule has 0 spiro atoms. The van der Waals surface area contributed by atoms with Gasteiger partial charge in [0, 0.05) is 12.5 Å². The van der Waals surface area contributed by atoms with Crippen molar-refractivity contribution in [1.29, 1.82) is 0 Å². The molecule has 0 aromatic carbocycles. The number of aromatic nitrogens is 1.